The number of aromatic nitrogens is 3. The maximum Gasteiger partial charge on any atom is 0.320 e. The zero-order valence-electron chi connectivity index (χ0n) is 16.6. The van der Waals surface area contributed by atoms with Crippen molar-refractivity contribution in [3.05, 3.63) is 0 Å². The van der Waals surface area contributed by atoms with Gasteiger partial charge < -0.3 is 26.4 Å². The predicted octanol–water partition coefficient (Wildman–Crippen LogP) is 1.92. The van der Waals surface area contributed by atoms with Gasteiger partial charge in [0, 0.05) is 24.9 Å². The minimum atomic E-state index is -3.10. The molecule has 0 spiro atoms. The van der Waals surface area contributed by atoms with Crippen LogP contribution >= 0.6 is 19.1 Å². The van der Waals surface area contributed by atoms with E-state index < -0.39 is 19.4 Å². The third kappa shape index (κ3) is 13.4. The molecule has 27 heavy (non-hydrogen) atoms. The Kier molecular flexibility index (Phi) is 11.5. The Balaban J connectivity index is 0.000000541. The molecule has 0 saturated heterocycles. The summed E-state index contributed by atoms with van der Waals surface area (Å²) in [6.45, 7) is 9.40. The van der Waals surface area contributed by atoms with Gasteiger partial charge in [-0.1, -0.05) is 11.8 Å². The second-order valence-corrected chi connectivity index (χ2v) is 9.90. The minimum absolute atomic E-state index is 0.0412. The van der Waals surface area contributed by atoms with Gasteiger partial charge in [-0.2, -0.15) is 15.0 Å². The topological polar surface area (TPSA) is 163 Å². The Morgan fingerprint density at radius 1 is 1.15 bits per heavy atom. The highest BCUT2D eigenvalue weighted by Gasteiger charge is 2.16. The first kappa shape index (κ1) is 25.6. The van der Waals surface area contributed by atoms with E-state index in [1.165, 1.54) is 18.4 Å². The van der Waals surface area contributed by atoms with E-state index in [-0.39, 0.29) is 12.6 Å². The van der Waals surface area contributed by atoms with Crippen LogP contribution in [0.4, 0.5) is 11.9 Å². The van der Waals surface area contributed by atoms with Crippen molar-refractivity contribution in [2.75, 3.05) is 29.7 Å². The third-order valence-corrected chi connectivity index (χ3v) is 4.44. The first-order valence-electron chi connectivity index (χ1n) is 8.44. The molecule has 0 aliphatic heterocycles. The number of nitrogens with two attached hydrogens (primary N) is 1. The molecule has 0 aliphatic carbocycles. The van der Waals surface area contributed by atoms with Crippen molar-refractivity contribution in [1.29, 1.82) is 0 Å². The first-order valence-corrected chi connectivity index (χ1v) is 12.0. The molecule has 2 unspecified atom stereocenters. The third-order valence-electron chi connectivity index (χ3n) is 2.81. The molecule has 0 bridgehead atoms. The number of carbonyl (C=O) groups is 1. The van der Waals surface area contributed by atoms with Crippen LogP contribution in [0.5, 0.6) is 0 Å². The van der Waals surface area contributed by atoms with Gasteiger partial charge in [0.15, 0.2) is 12.5 Å². The number of anilines is 2. The van der Waals surface area contributed by atoms with E-state index in [1.54, 1.807) is 0 Å². The summed E-state index contributed by atoms with van der Waals surface area (Å²) in [5.41, 5.74) is 5.09. The molecular weight excluding hydrogens is 391 g/mol. The number of nitrogens with zero attached hydrogens (tertiary/aromatic N) is 3. The van der Waals surface area contributed by atoms with Gasteiger partial charge in [-0.05, 0) is 40.4 Å². The highest BCUT2D eigenvalue weighted by atomic mass is 32.2. The van der Waals surface area contributed by atoms with Crippen molar-refractivity contribution >= 4 is 37.0 Å². The van der Waals surface area contributed by atoms with Crippen LogP contribution in [0.25, 0.3) is 0 Å². The number of thioether (sulfide) groups is 1. The Hall–Kier alpha value is -1.42. The zero-order valence-corrected chi connectivity index (χ0v) is 18.3. The van der Waals surface area contributed by atoms with Gasteiger partial charge in [0.05, 0.1) is 0 Å². The number of carboxylic acids is 1. The summed E-state index contributed by atoms with van der Waals surface area (Å²) in [5, 5.41) is 15.4. The quantitative estimate of drug-likeness (QED) is 0.292. The lowest BCUT2D eigenvalue weighted by Crippen LogP contribution is -2.30. The van der Waals surface area contributed by atoms with Gasteiger partial charge in [-0.25, -0.2) is 0 Å². The SMILES string of the molecule is CP(=O)(O)CCC(N)C(=O)O.CSc1nc(NC(C)C)nc(NC(C)C)n1. The fraction of sp³-hybridized carbons (Fsp3) is 0.733. The van der Waals surface area contributed by atoms with E-state index in [0.717, 1.165) is 5.16 Å². The van der Waals surface area contributed by atoms with Crippen molar-refractivity contribution in [1.82, 2.24) is 15.0 Å². The number of hydrogen-bond acceptors (Lipinski definition) is 9. The average molecular weight is 422 g/mol. The van der Waals surface area contributed by atoms with E-state index in [1.807, 2.05) is 6.26 Å². The Labute approximate surface area is 164 Å². The Bertz CT molecular complexity index is 612. The Morgan fingerprint density at radius 2 is 1.59 bits per heavy atom. The molecule has 1 aromatic rings. The smallest absolute Gasteiger partial charge is 0.320 e. The van der Waals surface area contributed by atoms with Crippen molar-refractivity contribution in [3.63, 3.8) is 0 Å². The lowest BCUT2D eigenvalue weighted by molar-refractivity contribution is -0.138. The van der Waals surface area contributed by atoms with Crippen LogP contribution in [0.15, 0.2) is 5.16 Å². The molecule has 12 heteroatoms. The maximum atomic E-state index is 10.6. The van der Waals surface area contributed by atoms with E-state index >= 15 is 0 Å². The van der Waals surface area contributed by atoms with Crippen LogP contribution in [0, 0.1) is 0 Å². The lowest BCUT2D eigenvalue weighted by Gasteiger charge is -2.12. The molecule has 0 radical (unpaired) electrons. The van der Waals surface area contributed by atoms with E-state index in [4.69, 9.17) is 15.7 Å². The molecule has 0 aromatic carbocycles. The van der Waals surface area contributed by atoms with Crippen molar-refractivity contribution in [2.24, 2.45) is 5.73 Å². The summed E-state index contributed by atoms with van der Waals surface area (Å²) < 4.78 is 10.6. The normalized spacial score (nSPS) is 14.1. The molecule has 1 aromatic heterocycles. The fourth-order valence-electron chi connectivity index (χ4n) is 1.60. The molecule has 0 aliphatic rings. The minimum Gasteiger partial charge on any atom is -0.480 e. The van der Waals surface area contributed by atoms with Crippen LogP contribution in [0.1, 0.15) is 34.1 Å². The molecule has 0 saturated carbocycles. The van der Waals surface area contributed by atoms with Crippen LogP contribution in [0.2, 0.25) is 0 Å². The van der Waals surface area contributed by atoms with Gasteiger partial charge in [-0.3, -0.25) is 9.36 Å². The van der Waals surface area contributed by atoms with E-state index in [0.29, 0.717) is 24.0 Å². The predicted molar refractivity (Wildman–Crippen MR) is 110 cm³/mol. The fourth-order valence-corrected chi connectivity index (χ4v) is 2.71. The summed E-state index contributed by atoms with van der Waals surface area (Å²) in [7, 11) is -3.10. The van der Waals surface area contributed by atoms with Crippen molar-refractivity contribution < 1.29 is 19.4 Å². The molecule has 10 nitrogen and oxygen atoms in total. The molecule has 0 amide bonds. The second kappa shape index (κ2) is 12.1. The van der Waals surface area contributed by atoms with Crippen LogP contribution in [-0.4, -0.2) is 68.1 Å². The van der Waals surface area contributed by atoms with Crippen molar-refractivity contribution in [3.8, 4) is 0 Å². The number of hydrogen-bond donors (Lipinski definition) is 5. The first-order chi connectivity index (χ1) is 12.3. The molecular formula is C15H31N6O4PS. The molecule has 156 valence electrons. The average Bonchev–Trinajstić information content (AvgIpc) is 2.50. The van der Waals surface area contributed by atoms with Gasteiger partial charge >= 0.3 is 5.97 Å². The molecule has 0 fully saturated rings. The van der Waals surface area contributed by atoms with E-state index in [9.17, 15) is 9.36 Å². The van der Waals surface area contributed by atoms with Crippen LogP contribution in [0.3, 0.4) is 0 Å². The molecule has 1 heterocycles. The van der Waals surface area contributed by atoms with Gasteiger partial charge in [0.1, 0.15) is 6.04 Å². The summed E-state index contributed by atoms with van der Waals surface area (Å²) in [4.78, 5) is 31.8. The molecule has 6 N–H and O–H groups in total. The molecule has 2 atom stereocenters. The summed E-state index contributed by atoms with van der Waals surface area (Å²) in [6, 6.07) is -0.413. The monoisotopic (exact) mass is 422 g/mol. The number of nitrogens with one attached hydrogen (secondary N) is 2. The Morgan fingerprint density at radius 3 is 1.89 bits per heavy atom. The van der Waals surface area contributed by atoms with Crippen molar-refractivity contribution in [2.45, 2.75) is 57.4 Å². The largest absolute Gasteiger partial charge is 0.480 e. The zero-order chi connectivity index (χ0) is 21.2. The summed E-state index contributed by atoms with van der Waals surface area (Å²) >= 11 is 1.51. The maximum absolute atomic E-state index is 10.6. The second-order valence-electron chi connectivity index (χ2n) is 6.58. The number of aliphatic carboxylic acids is 1. The van der Waals surface area contributed by atoms with Crippen LogP contribution < -0.4 is 16.4 Å². The van der Waals surface area contributed by atoms with Gasteiger partial charge in [0.2, 0.25) is 11.9 Å². The van der Waals surface area contributed by atoms with Gasteiger partial charge in [-0.15, -0.1) is 0 Å². The molecule has 1 rings (SSSR count). The highest BCUT2D eigenvalue weighted by molar-refractivity contribution is 7.98. The number of carboxylic acid groups (broad SMARTS) is 1. The van der Waals surface area contributed by atoms with Gasteiger partial charge in [0.25, 0.3) is 0 Å². The summed E-state index contributed by atoms with van der Waals surface area (Å²) in [6.07, 6.45) is 1.95. The number of rotatable bonds is 9. The standard InChI is InChI=1S/C10H19N5S.C5H12NO4P/c1-6(2)11-8-13-9(12-7(3)4)15-10(14-8)16-5;1-11(9,10)3-2-4(6)5(7)8/h6-7H,1-5H3,(H2,11,12,13,14,15);4H,2-3,6H2,1H3,(H,7,8)(H,9,10). The van der Waals surface area contributed by atoms with Crippen LogP contribution in [-0.2, 0) is 9.36 Å². The lowest BCUT2D eigenvalue weighted by atomic mass is 10.2. The highest BCUT2D eigenvalue weighted by Crippen LogP contribution is 2.35. The van der Waals surface area contributed by atoms with E-state index in [2.05, 4.69) is 53.3 Å². The summed E-state index contributed by atoms with van der Waals surface area (Å²) in [5.74, 6) is 0.105.